The zero-order chi connectivity index (χ0) is 10.9. The first-order chi connectivity index (χ1) is 7.33. The van der Waals surface area contributed by atoms with Crippen molar-refractivity contribution in [3.05, 3.63) is 0 Å². The van der Waals surface area contributed by atoms with Gasteiger partial charge in [-0.15, -0.1) is 0 Å². The van der Waals surface area contributed by atoms with Gasteiger partial charge in [0.25, 0.3) is 0 Å². The summed E-state index contributed by atoms with van der Waals surface area (Å²) in [5.41, 5.74) is 0. The smallest absolute Gasteiger partial charge is 0.0506 e. The summed E-state index contributed by atoms with van der Waals surface area (Å²) in [6, 6.07) is 0. The molecule has 0 amide bonds. The summed E-state index contributed by atoms with van der Waals surface area (Å²) in [7, 11) is 2.24. The van der Waals surface area contributed by atoms with Gasteiger partial charge in [0.05, 0.1) is 6.61 Å². The van der Waals surface area contributed by atoms with Crippen LogP contribution in [0.2, 0.25) is 0 Å². The maximum absolute atomic E-state index is 5.49. The molecule has 1 heterocycles. The van der Waals surface area contributed by atoms with Crippen molar-refractivity contribution in [3.8, 4) is 0 Å². The fraction of sp³-hybridized carbons (Fsp3) is 1.00. The maximum Gasteiger partial charge on any atom is 0.0506 e. The van der Waals surface area contributed by atoms with E-state index in [1.807, 2.05) is 0 Å². The second kappa shape index (κ2) is 8.54. The number of hydrogen-bond donors (Lipinski definition) is 0. The van der Waals surface area contributed by atoms with E-state index in [2.05, 4.69) is 27.9 Å². The minimum absolute atomic E-state index is 0.778. The molecule has 1 aliphatic heterocycles. The summed E-state index contributed by atoms with van der Waals surface area (Å²) < 4.78 is 5.49. The standard InChI is InChI=1S/C12H24BrNO/c1-14(8-4-2-3-7-13)10-12-6-5-9-15-11-12/h12H,2-11H2,1H3. The van der Waals surface area contributed by atoms with Crippen LogP contribution in [0.1, 0.15) is 32.1 Å². The second-order valence-corrected chi connectivity index (χ2v) is 5.39. The number of alkyl halides is 1. The van der Waals surface area contributed by atoms with Crippen LogP contribution in [0.15, 0.2) is 0 Å². The van der Waals surface area contributed by atoms with Crippen LogP contribution in [-0.4, -0.2) is 43.6 Å². The first kappa shape index (κ1) is 13.5. The summed E-state index contributed by atoms with van der Waals surface area (Å²) in [4.78, 5) is 2.47. The fourth-order valence-electron chi connectivity index (χ4n) is 2.14. The molecule has 0 spiro atoms. The molecule has 0 aliphatic carbocycles. The molecule has 3 heteroatoms. The zero-order valence-corrected chi connectivity index (χ0v) is 11.5. The highest BCUT2D eigenvalue weighted by Gasteiger charge is 2.15. The van der Waals surface area contributed by atoms with E-state index in [9.17, 15) is 0 Å². The molecule has 1 fully saturated rings. The Morgan fingerprint density at radius 3 is 2.87 bits per heavy atom. The van der Waals surface area contributed by atoms with Crippen molar-refractivity contribution in [1.82, 2.24) is 4.90 Å². The van der Waals surface area contributed by atoms with Crippen molar-refractivity contribution in [1.29, 1.82) is 0 Å². The number of halogens is 1. The van der Waals surface area contributed by atoms with Crippen LogP contribution in [0.4, 0.5) is 0 Å². The van der Waals surface area contributed by atoms with Crippen LogP contribution in [0, 0.1) is 5.92 Å². The van der Waals surface area contributed by atoms with Gasteiger partial charge in [0, 0.05) is 18.5 Å². The van der Waals surface area contributed by atoms with Gasteiger partial charge in [-0.25, -0.2) is 0 Å². The molecule has 0 aromatic carbocycles. The molecule has 0 bridgehead atoms. The Labute approximate surface area is 102 Å². The van der Waals surface area contributed by atoms with E-state index in [1.54, 1.807) is 0 Å². The Morgan fingerprint density at radius 1 is 1.33 bits per heavy atom. The van der Waals surface area contributed by atoms with Gasteiger partial charge in [-0.2, -0.15) is 0 Å². The third-order valence-electron chi connectivity index (χ3n) is 3.00. The van der Waals surface area contributed by atoms with Gasteiger partial charge >= 0.3 is 0 Å². The first-order valence-corrected chi connectivity index (χ1v) is 7.27. The Morgan fingerprint density at radius 2 is 2.20 bits per heavy atom. The van der Waals surface area contributed by atoms with E-state index in [4.69, 9.17) is 4.74 Å². The van der Waals surface area contributed by atoms with Crippen molar-refractivity contribution in [2.45, 2.75) is 32.1 Å². The highest BCUT2D eigenvalue weighted by molar-refractivity contribution is 9.09. The minimum atomic E-state index is 0.778. The Hall–Kier alpha value is 0.400. The van der Waals surface area contributed by atoms with Crippen molar-refractivity contribution >= 4 is 15.9 Å². The van der Waals surface area contributed by atoms with E-state index in [1.165, 1.54) is 45.2 Å². The van der Waals surface area contributed by atoms with E-state index < -0.39 is 0 Å². The van der Waals surface area contributed by atoms with E-state index >= 15 is 0 Å². The van der Waals surface area contributed by atoms with E-state index in [0.717, 1.165) is 24.5 Å². The summed E-state index contributed by atoms with van der Waals surface area (Å²) in [6.07, 6.45) is 6.58. The molecular formula is C12H24BrNO. The summed E-state index contributed by atoms with van der Waals surface area (Å²) in [6.45, 7) is 4.41. The van der Waals surface area contributed by atoms with Gasteiger partial charge in [-0.3, -0.25) is 0 Å². The Kier molecular flexibility index (Phi) is 7.67. The normalized spacial score (nSPS) is 22.2. The zero-order valence-electron chi connectivity index (χ0n) is 9.88. The minimum Gasteiger partial charge on any atom is -0.381 e. The van der Waals surface area contributed by atoms with Crippen molar-refractivity contribution < 1.29 is 4.74 Å². The predicted molar refractivity (Wildman–Crippen MR) is 68.7 cm³/mol. The summed E-state index contributed by atoms with van der Waals surface area (Å²) in [5, 5.41) is 1.15. The second-order valence-electron chi connectivity index (χ2n) is 4.60. The molecule has 0 radical (unpaired) electrons. The van der Waals surface area contributed by atoms with Gasteiger partial charge < -0.3 is 9.64 Å². The topological polar surface area (TPSA) is 12.5 Å². The quantitative estimate of drug-likeness (QED) is 0.524. The van der Waals surface area contributed by atoms with Gasteiger partial charge in [0.15, 0.2) is 0 Å². The Bertz CT molecular complexity index is 149. The van der Waals surface area contributed by atoms with Crippen LogP contribution >= 0.6 is 15.9 Å². The van der Waals surface area contributed by atoms with Crippen LogP contribution in [0.5, 0.6) is 0 Å². The molecule has 0 saturated carbocycles. The predicted octanol–water partition coefficient (Wildman–Crippen LogP) is 2.91. The number of hydrogen-bond acceptors (Lipinski definition) is 2. The van der Waals surface area contributed by atoms with E-state index in [0.29, 0.717) is 0 Å². The van der Waals surface area contributed by atoms with Gasteiger partial charge in [0.2, 0.25) is 0 Å². The summed E-state index contributed by atoms with van der Waals surface area (Å²) >= 11 is 3.47. The number of rotatable bonds is 7. The number of ether oxygens (including phenoxy) is 1. The number of unbranched alkanes of at least 4 members (excludes halogenated alkanes) is 2. The van der Waals surface area contributed by atoms with Crippen LogP contribution < -0.4 is 0 Å². The molecule has 2 nitrogen and oxygen atoms in total. The van der Waals surface area contributed by atoms with Crippen molar-refractivity contribution in [2.24, 2.45) is 5.92 Å². The SMILES string of the molecule is CN(CCCCCBr)CC1CCCOC1. The van der Waals surface area contributed by atoms with Gasteiger partial charge in [-0.1, -0.05) is 22.4 Å². The fourth-order valence-corrected chi connectivity index (χ4v) is 2.53. The maximum atomic E-state index is 5.49. The lowest BCUT2D eigenvalue weighted by molar-refractivity contribution is 0.0419. The lowest BCUT2D eigenvalue weighted by atomic mass is 10.0. The molecule has 1 aliphatic rings. The average molecular weight is 278 g/mol. The molecule has 15 heavy (non-hydrogen) atoms. The number of nitrogens with zero attached hydrogens (tertiary/aromatic N) is 1. The van der Waals surface area contributed by atoms with Crippen LogP contribution in [0.3, 0.4) is 0 Å². The third kappa shape index (κ3) is 6.54. The first-order valence-electron chi connectivity index (χ1n) is 6.15. The van der Waals surface area contributed by atoms with Crippen LogP contribution in [-0.2, 0) is 4.74 Å². The lowest BCUT2D eigenvalue weighted by Gasteiger charge is -2.27. The highest BCUT2D eigenvalue weighted by Crippen LogP contribution is 2.14. The Balaban J connectivity index is 1.98. The van der Waals surface area contributed by atoms with E-state index in [-0.39, 0.29) is 0 Å². The molecule has 1 saturated heterocycles. The summed E-state index contributed by atoms with van der Waals surface area (Å²) in [5.74, 6) is 0.778. The third-order valence-corrected chi connectivity index (χ3v) is 3.56. The monoisotopic (exact) mass is 277 g/mol. The molecule has 90 valence electrons. The van der Waals surface area contributed by atoms with Gasteiger partial charge in [-0.05, 0) is 45.2 Å². The molecular weight excluding hydrogens is 254 g/mol. The lowest BCUT2D eigenvalue weighted by Crippen LogP contribution is -2.31. The van der Waals surface area contributed by atoms with Crippen LogP contribution in [0.25, 0.3) is 0 Å². The molecule has 0 aromatic heterocycles. The molecule has 0 aromatic rings. The van der Waals surface area contributed by atoms with Crippen molar-refractivity contribution in [2.75, 3.05) is 38.7 Å². The highest BCUT2D eigenvalue weighted by atomic mass is 79.9. The average Bonchev–Trinajstić information content (AvgIpc) is 2.26. The largest absolute Gasteiger partial charge is 0.381 e. The molecule has 0 N–H and O–H groups in total. The molecule has 1 rings (SSSR count). The molecule has 1 unspecified atom stereocenters. The molecule has 1 atom stereocenters. The van der Waals surface area contributed by atoms with Crippen molar-refractivity contribution in [3.63, 3.8) is 0 Å². The van der Waals surface area contributed by atoms with Gasteiger partial charge in [0.1, 0.15) is 0 Å².